The Morgan fingerprint density at radius 3 is 2.47 bits per heavy atom. The van der Waals surface area contributed by atoms with Gasteiger partial charge in [-0.2, -0.15) is 0 Å². The van der Waals surface area contributed by atoms with Gasteiger partial charge in [-0.05, 0) is 38.5 Å². The lowest BCUT2D eigenvalue weighted by Gasteiger charge is -2.38. The lowest BCUT2D eigenvalue weighted by Crippen LogP contribution is -2.53. The van der Waals surface area contributed by atoms with Crippen molar-refractivity contribution in [2.24, 2.45) is 0 Å². The number of carboxylic acid groups (broad SMARTS) is 1. The molecule has 0 radical (unpaired) electrons. The van der Waals surface area contributed by atoms with E-state index in [0.29, 0.717) is 25.9 Å². The van der Waals surface area contributed by atoms with Gasteiger partial charge in [0, 0.05) is 25.7 Å². The smallest absolute Gasteiger partial charge is 0.326 e. The number of aliphatic hydroxyl groups excluding tert-OH is 1. The molecule has 108 valence electrons. The number of aliphatic hydroxyl groups is 1. The standard InChI is InChI=1S/C13H22N2O4/c16-9-6-10-4-1-2-7-14(10)13(19)15-8-3-5-11(15)12(17)18/h10-11,16H,1-9H2,(H,17,18)/t10?,11-/m1/s1. The molecule has 2 aliphatic rings. The predicted molar refractivity (Wildman–Crippen MR) is 68.8 cm³/mol. The van der Waals surface area contributed by atoms with Gasteiger partial charge in [-0.15, -0.1) is 0 Å². The van der Waals surface area contributed by atoms with Crippen molar-refractivity contribution in [3.63, 3.8) is 0 Å². The number of nitrogens with zero attached hydrogens (tertiary/aromatic N) is 2. The normalized spacial score (nSPS) is 27.6. The van der Waals surface area contributed by atoms with Gasteiger partial charge in [-0.1, -0.05) is 0 Å². The van der Waals surface area contributed by atoms with Crippen LogP contribution in [0.2, 0.25) is 0 Å². The van der Waals surface area contributed by atoms with Gasteiger partial charge in [-0.3, -0.25) is 0 Å². The number of aliphatic carboxylic acids is 1. The third kappa shape index (κ3) is 3.00. The highest BCUT2D eigenvalue weighted by Gasteiger charge is 2.38. The molecule has 2 heterocycles. The quantitative estimate of drug-likeness (QED) is 0.798. The van der Waals surface area contributed by atoms with E-state index in [1.165, 1.54) is 4.90 Å². The molecular formula is C13H22N2O4. The Morgan fingerprint density at radius 1 is 1.05 bits per heavy atom. The van der Waals surface area contributed by atoms with Crippen molar-refractivity contribution in [2.45, 2.75) is 50.6 Å². The van der Waals surface area contributed by atoms with E-state index in [9.17, 15) is 9.59 Å². The summed E-state index contributed by atoms with van der Waals surface area (Å²) in [4.78, 5) is 26.9. The van der Waals surface area contributed by atoms with Crippen molar-refractivity contribution in [1.82, 2.24) is 9.80 Å². The van der Waals surface area contributed by atoms with Crippen LogP contribution in [0.25, 0.3) is 0 Å². The molecule has 0 aliphatic carbocycles. The summed E-state index contributed by atoms with van der Waals surface area (Å²) in [7, 11) is 0. The van der Waals surface area contributed by atoms with Crippen LogP contribution in [0.4, 0.5) is 4.79 Å². The van der Waals surface area contributed by atoms with E-state index in [0.717, 1.165) is 25.7 Å². The van der Waals surface area contributed by atoms with E-state index in [1.54, 1.807) is 4.90 Å². The van der Waals surface area contributed by atoms with E-state index >= 15 is 0 Å². The van der Waals surface area contributed by atoms with Gasteiger partial charge in [-0.25, -0.2) is 9.59 Å². The molecule has 2 rings (SSSR count). The van der Waals surface area contributed by atoms with Crippen molar-refractivity contribution in [3.8, 4) is 0 Å². The van der Waals surface area contributed by atoms with Gasteiger partial charge in [0.15, 0.2) is 0 Å². The number of amides is 2. The Hall–Kier alpha value is -1.30. The molecule has 2 amide bonds. The number of carbonyl (C=O) groups is 2. The van der Waals surface area contributed by atoms with Crippen LogP contribution in [0, 0.1) is 0 Å². The number of carboxylic acids is 1. The molecule has 1 unspecified atom stereocenters. The minimum Gasteiger partial charge on any atom is -0.480 e. The van der Waals surface area contributed by atoms with Crippen molar-refractivity contribution in [1.29, 1.82) is 0 Å². The number of hydrogen-bond donors (Lipinski definition) is 2. The molecule has 0 aromatic rings. The number of likely N-dealkylation sites (tertiary alicyclic amines) is 2. The molecular weight excluding hydrogens is 248 g/mol. The molecule has 2 atom stereocenters. The molecule has 0 aromatic heterocycles. The van der Waals surface area contributed by atoms with Crippen LogP contribution < -0.4 is 0 Å². The fourth-order valence-corrected chi connectivity index (χ4v) is 3.12. The first-order valence-corrected chi connectivity index (χ1v) is 7.06. The Kier molecular flexibility index (Phi) is 4.63. The molecule has 2 aliphatic heterocycles. The van der Waals surface area contributed by atoms with E-state index in [4.69, 9.17) is 10.2 Å². The van der Waals surface area contributed by atoms with Crippen LogP contribution in [0.5, 0.6) is 0 Å². The zero-order valence-corrected chi connectivity index (χ0v) is 11.1. The van der Waals surface area contributed by atoms with Crippen molar-refractivity contribution in [3.05, 3.63) is 0 Å². The Morgan fingerprint density at radius 2 is 1.79 bits per heavy atom. The molecule has 0 spiro atoms. The fraction of sp³-hybridized carbons (Fsp3) is 0.846. The van der Waals surface area contributed by atoms with E-state index in [2.05, 4.69) is 0 Å². The number of hydrogen-bond acceptors (Lipinski definition) is 3. The van der Waals surface area contributed by atoms with Crippen LogP contribution in [0.15, 0.2) is 0 Å². The monoisotopic (exact) mass is 270 g/mol. The number of carbonyl (C=O) groups excluding carboxylic acids is 1. The van der Waals surface area contributed by atoms with Crippen LogP contribution in [0.3, 0.4) is 0 Å². The predicted octanol–water partition coefficient (Wildman–Crippen LogP) is 0.892. The highest BCUT2D eigenvalue weighted by atomic mass is 16.4. The molecule has 2 saturated heterocycles. The Bertz CT molecular complexity index is 346. The molecule has 6 heteroatoms. The SMILES string of the molecule is O=C(O)[C@H]1CCCN1C(=O)N1CCCCC1CCO. The first-order chi connectivity index (χ1) is 9.15. The van der Waals surface area contributed by atoms with Crippen LogP contribution >= 0.6 is 0 Å². The second-order valence-electron chi connectivity index (χ2n) is 5.33. The summed E-state index contributed by atoms with van der Waals surface area (Å²) in [5.74, 6) is -0.915. The highest BCUT2D eigenvalue weighted by Crippen LogP contribution is 2.25. The van der Waals surface area contributed by atoms with Gasteiger partial charge in [0.1, 0.15) is 6.04 Å². The number of piperidine rings is 1. The lowest BCUT2D eigenvalue weighted by atomic mass is 10.00. The van der Waals surface area contributed by atoms with Crippen molar-refractivity contribution >= 4 is 12.0 Å². The first kappa shape index (κ1) is 14.1. The van der Waals surface area contributed by atoms with Gasteiger partial charge in [0.05, 0.1) is 0 Å². The van der Waals surface area contributed by atoms with Crippen LogP contribution in [-0.2, 0) is 4.79 Å². The Labute approximate surface area is 113 Å². The minimum absolute atomic E-state index is 0.0568. The molecule has 2 fully saturated rings. The third-order valence-corrected chi connectivity index (χ3v) is 4.12. The van der Waals surface area contributed by atoms with Crippen LogP contribution in [0.1, 0.15) is 38.5 Å². The molecule has 0 bridgehead atoms. The molecule has 0 aromatic carbocycles. The van der Waals surface area contributed by atoms with Gasteiger partial charge < -0.3 is 20.0 Å². The first-order valence-electron chi connectivity index (χ1n) is 7.06. The summed E-state index contributed by atoms with van der Waals surface area (Å²) < 4.78 is 0. The summed E-state index contributed by atoms with van der Waals surface area (Å²) in [5, 5.41) is 18.2. The van der Waals surface area contributed by atoms with E-state index in [-0.39, 0.29) is 18.7 Å². The zero-order chi connectivity index (χ0) is 13.8. The van der Waals surface area contributed by atoms with Crippen molar-refractivity contribution in [2.75, 3.05) is 19.7 Å². The number of urea groups is 1. The summed E-state index contributed by atoms with van der Waals surface area (Å²) >= 11 is 0. The van der Waals surface area contributed by atoms with E-state index in [1.807, 2.05) is 0 Å². The summed E-state index contributed by atoms with van der Waals surface area (Å²) in [6, 6.07) is -0.784. The second kappa shape index (κ2) is 6.23. The average Bonchev–Trinajstić information content (AvgIpc) is 2.88. The zero-order valence-electron chi connectivity index (χ0n) is 11.1. The molecule has 0 saturated carbocycles. The summed E-state index contributed by atoms with van der Waals surface area (Å²) in [6.45, 7) is 1.27. The average molecular weight is 270 g/mol. The van der Waals surface area contributed by atoms with Gasteiger partial charge >= 0.3 is 12.0 Å². The van der Waals surface area contributed by atoms with E-state index < -0.39 is 12.0 Å². The van der Waals surface area contributed by atoms with Gasteiger partial charge in [0.25, 0.3) is 0 Å². The maximum atomic E-state index is 12.5. The maximum absolute atomic E-state index is 12.5. The second-order valence-corrected chi connectivity index (χ2v) is 5.33. The minimum atomic E-state index is -0.915. The number of rotatable bonds is 3. The van der Waals surface area contributed by atoms with Crippen molar-refractivity contribution < 1.29 is 19.8 Å². The summed E-state index contributed by atoms with van der Waals surface area (Å²) in [6.07, 6.45) is 4.80. The molecule has 6 nitrogen and oxygen atoms in total. The molecule has 19 heavy (non-hydrogen) atoms. The maximum Gasteiger partial charge on any atom is 0.326 e. The largest absolute Gasteiger partial charge is 0.480 e. The summed E-state index contributed by atoms with van der Waals surface area (Å²) in [5.41, 5.74) is 0. The fourth-order valence-electron chi connectivity index (χ4n) is 3.12. The third-order valence-electron chi connectivity index (χ3n) is 4.12. The molecule has 2 N–H and O–H groups in total. The van der Waals surface area contributed by atoms with Crippen LogP contribution in [-0.4, -0.2) is 63.8 Å². The van der Waals surface area contributed by atoms with Gasteiger partial charge in [0.2, 0.25) is 0 Å². The highest BCUT2D eigenvalue weighted by molar-refractivity contribution is 5.83. The Balaban J connectivity index is 2.06. The topological polar surface area (TPSA) is 81.1 Å². The lowest BCUT2D eigenvalue weighted by molar-refractivity contribution is -0.141.